The third kappa shape index (κ3) is 5.76. The summed E-state index contributed by atoms with van der Waals surface area (Å²) < 4.78 is 13.2. The molecule has 1 atom stereocenters. The highest BCUT2D eigenvalue weighted by Crippen LogP contribution is 2.28. The van der Waals surface area contributed by atoms with Gasteiger partial charge in [0.2, 0.25) is 0 Å². The van der Waals surface area contributed by atoms with Gasteiger partial charge in [0, 0.05) is 6.54 Å². The molecule has 0 saturated heterocycles. The molecule has 1 unspecified atom stereocenters. The van der Waals surface area contributed by atoms with Crippen LogP contribution in [0.1, 0.15) is 52.5 Å². The van der Waals surface area contributed by atoms with Crippen molar-refractivity contribution in [1.29, 1.82) is 0 Å². The second kappa shape index (κ2) is 8.50. The van der Waals surface area contributed by atoms with E-state index >= 15 is 0 Å². The van der Waals surface area contributed by atoms with Crippen LogP contribution in [0.2, 0.25) is 0 Å². The van der Waals surface area contributed by atoms with Gasteiger partial charge in [0.15, 0.2) is 0 Å². The highest BCUT2D eigenvalue weighted by Gasteiger charge is 2.30. The molecule has 0 aliphatic carbocycles. The number of benzene rings is 1. The van der Waals surface area contributed by atoms with Crippen LogP contribution in [0.15, 0.2) is 24.3 Å². The molecule has 0 fully saturated rings. The van der Waals surface area contributed by atoms with Gasteiger partial charge in [-0.2, -0.15) is 0 Å². The van der Waals surface area contributed by atoms with Crippen molar-refractivity contribution >= 4 is 0 Å². The number of hydrogen-bond donors (Lipinski definition) is 1. The van der Waals surface area contributed by atoms with Gasteiger partial charge < -0.3 is 10.6 Å². The molecule has 120 valence electrons. The van der Waals surface area contributed by atoms with Crippen LogP contribution < -0.4 is 5.73 Å². The van der Waals surface area contributed by atoms with Gasteiger partial charge in [-0.05, 0) is 56.0 Å². The zero-order chi connectivity index (χ0) is 15.9. The maximum atomic E-state index is 13.2. The van der Waals surface area contributed by atoms with Crippen molar-refractivity contribution in [3.05, 3.63) is 35.6 Å². The Hall–Kier alpha value is -0.930. The van der Waals surface area contributed by atoms with Gasteiger partial charge in [-0.15, -0.1) is 0 Å². The van der Waals surface area contributed by atoms with Crippen LogP contribution >= 0.6 is 0 Å². The highest BCUT2D eigenvalue weighted by atomic mass is 19.1. The molecule has 0 bridgehead atoms. The Kier molecular flexibility index (Phi) is 7.33. The van der Waals surface area contributed by atoms with E-state index in [4.69, 9.17) is 5.73 Å². The zero-order valence-corrected chi connectivity index (χ0v) is 14.0. The minimum atomic E-state index is -0.411. The maximum absolute atomic E-state index is 13.2. The first kappa shape index (κ1) is 18.1. The lowest BCUT2D eigenvalue weighted by molar-refractivity contribution is 0.188. The summed E-state index contributed by atoms with van der Waals surface area (Å²) in [6.45, 7) is 11.7. The molecule has 2 N–H and O–H groups in total. The topological polar surface area (TPSA) is 29.3 Å². The van der Waals surface area contributed by atoms with Gasteiger partial charge >= 0.3 is 0 Å². The SMILES string of the molecule is CCCN(CCC)CC(N)(CC(C)C)c1ccc(F)cc1. The number of nitrogens with two attached hydrogens (primary N) is 1. The Labute approximate surface area is 129 Å². The standard InChI is InChI=1S/C18H31FN2/c1-5-11-21(12-6-2)14-18(20,13-15(3)4)16-7-9-17(19)10-8-16/h7-10,15H,5-6,11-14,20H2,1-4H3. The second-order valence-corrected chi connectivity index (χ2v) is 6.54. The molecule has 0 aliphatic heterocycles. The lowest BCUT2D eigenvalue weighted by Crippen LogP contribution is -2.49. The van der Waals surface area contributed by atoms with Crippen molar-refractivity contribution in [2.45, 2.75) is 52.5 Å². The van der Waals surface area contributed by atoms with Crippen LogP contribution in [0.25, 0.3) is 0 Å². The van der Waals surface area contributed by atoms with Crippen LogP contribution in [0, 0.1) is 11.7 Å². The van der Waals surface area contributed by atoms with Crippen LogP contribution in [-0.4, -0.2) is 24.5 Å². The molecule has 3 heteroatoms. The summed E-state index contributed by atoms with van der Waals surface area (Å²) in [4.78, 5) is 2.44. The number of halogens is 1. The minimum absolute atomic E-state index is 0.204. The van der Waals surface area contributed by atoms with E-state index in [9.17, 15) is 4.39 Å². The fourth-order valence-corrected chi connectivity index (χ4v) is 3.09. The van der Waals surface area contributed by atoms with E-state index in [1.54, 1.807) is 0 Å². The smallest absolute Gasteiger partial charge is 0.123 e. The fourth-order valence-electron chi connectivity index (χ4n) is 3.09. The van der Waals surface area contributed by atoms with Crippen LogP contribution in [0.3, 0.4) is 0 Å². The first-order valence-electron chi connectivity index (χ1n) is 8.18. The normalized spacial score (nSPS) is 14.7. The average Bonchev–Trinajstić information content (AvgIpc) is 2.38. The van der Waals surface area contributed by atoms with Crippen molar-refractivity contribution in [2.75, 3.05) is 19.6 Å². The first-order valence-corrected chi connectivity index (χ1v) is 8.18. The molecule has 2 nitrogen and oxygen atoms in total. The maximum Gasteiger partial charge on any atom is 0.123 e. The van der Waals surface area contributed by atoms with Crippen molar-refractivity contribution < 1.29 is 4.39 Å². The number of rotatable bonds is 9. The molecule has 0 spiro atoms. The molecule has 1 aromatic rings. The monoisotopic (exact) mass is 294 g/mol. The molecule has 1 aromatic carbocycles. The summed E-state index contributed by atoms with van der Waals surface area (Å²) >= 11 is 0. The summed E-state index contributed by atoms with van der Waals surface area (Å²) in [5.41, 5.74) is 7.39. The zero-order valence-electron chi connectivity index (χ0n) is 14.0. The molecule has 1 rings (SSSR count). The molecular formula is C18H31FN2. The Morgan fingerprint density at radius 1 is 1.10 bits per heavy atom. The summed E-state index contributed by atoms with van der Waals surface area (Å²) in [7, 11) is 0. The summed E-state index contributed by atoms with van der Waals surface area (Å²) in [5.74, 6) is 0.301. The van der Waals surface area contributed by atoms with Crippen LogP contribution in [0.4, 0.5) is 4.39 Å². The quantitative estimate of drug-likeness (QED) is 0.741. The molecule has 0 aromatic heterocycles. The predicted octanol–water partition coefficient (Wildman–Crippen LogP) is 4.15. The molecule has 0 amide bonds. The molecule has 21 heavy (non-hydrogen) atoms. The Morgan fingerprint density at radius 2 is 1.62 bits per heavy atom. The molecular weight excluding hydrogens is 263 g/mol. The average molecular weight is 294 g/mol. The molecule has 0 heterocycles. The number of hydrogen-bond acceptors (Lipinski definition) is 2. The third-order valence-electron chi connectivity index (χ3n) is 3.78. The van der Waals surface area contributed by atoms with E-state index in [2.05, 4.69) is 32.6 Å². The predicted molar refractivity (Wildman–Crippen MR) is 88.7 cm³/mol. The first-order chi connectivity index (χ1) is 9.91. The van der Waals surface area contributed by atoms with E-state index in [0.717, 1.165) is 44.5 Å². The van der Waals surface area contributed by atoms with Gasteiger partial charge in [-0.1, -0.05) is 39.8 Å². The number of nitrogens with zero attached hydrogens (tertiary/aromatic N) is 1. The van der Waals surface area contributed by atoms with E-state index < -0.39 is 5.54 Å². The van der Waals surface area contributed by atoms with E-state index in [0.29, 0.717) is 5.92 Å². The summed E-state index contributed by atoms with van der Waals surface area (Å²) in [5, 5.41) is 0. The van der Waals surface area contributed by atoms with Gasteiger partial charge in [0.25, 0.3) is 0 Å². The van der Waals surface area contributed by atoms with Crippen LogP contribution in [0.5, 0.6) is 0 Å². The lowest BCUT2D eigenvalue weighted by Gasteiger charge is -2.37. The third-order valence-corrected chi connectivity index (χ3v) is 3.78. The van der Waals surface area contributed by atoms with Gasteiger partial charge in [0.05, 0.1) is 5.54 Å². The van der Waals surface area contributed by atoms with E-state index in [1.165, 1.54) is 12.1 Å². The van der Waals surface area contributed by atoms with Crippen molar-refractivity contribution in [1.82, 2.24) is 4.90 Å². The van der Waals surface area contributed by atoms with Gasteiger partial charge in [-0.25, -0.2) is 4.39 Å². The second-order valence-electron chi connectivity index (χ2n) is 6.54. The van der Waals surface area contributed by atoms with Crippen molar-refractivity contribution in [3.8, 4) is 0 Å². The molecule has 0 radical (unpaired) electrons. The van der Waals surface area contributed by atoms with E-state index in [-0.39, 0.29) is 5.82 Å². The Morgan fingerprint density at radius 3 is 2.05 bits per heavy atom. The van der Waals surface area contributed by atoms with Crippen molar-refractivity contribution in [3.63, 3.8) is 0 Å². The molecule has 0 aliphatic rings. The summed E-state index contributed by atoms with van der Waals surface area (Å²) in [6, 6.07) is 6.71. The summed E-state index contributed by atoms with van der Waals surface area (Å²) in [6.07, 6.45) is 3.16. The highest BCUT2D eigenvalue weighted by molar-refractivity contribution is 5.25. The lowest BCUT2D eigenvalue weighted by atomic mass is 9.82. The van der Waals surface area contributed by atoms with Gasteiger partial charge in [-0.3, -0.25) is 0 Å². The minimum Gasteiger partial charge on any atom is -0.320 e. The fraction of sp³-hybridized carbons (Fsp3) is 0.667. The van der Waals surface area contributed by atoms with Crippen molar-refractivity contribution in [2.24, 2.45) is 11.7 Å². The molecule has 0 saturated carbocycles. The van der Waals surface area contributed by atoms with Gasteiger partial charge in [0.1, 0.15) is 5.82 Å². The Bertz CT molecular complexity index is 396. The Balaban J connectivity index is 2.98. The largest absolute Gasteiger partial charge is 0.320 e. The van der Waals surface area contributed by atoms with E-state index in [1.807, 2.05) is 12.1 Å². The van der Waals surface area contributed by atoms with Crippen LogP contribution in [-0.2, 0) is 5.54 Å².